The van der Waals surface area contributed by atoms with E-state index in [1.165, 1.54) is 12.3 Å². The summed E-state index contributed by atoms with van der Waals surface area (Å²) in [7, 11) is 0. The molecule has 0 bridgehead atoms. The lowest BCUT2D eigenvalue weighted by molar-refractivity contribution is -0.139. The second-order valence-corrected chi connectivity index (χ2v) is 7.66. The number of aryl methyl sites for hydroxylation is 1. The minimum Gasteiger partial charge on any atom is -0.489 e. The van der Waals surface area contributed by atoms with Gasteiger partial charge < -0.3 is 14.6 Å². The van der Waals surface area contributed by atoms with E-state index in [0.717, 1.165) is 17.2 Å². The van der Waals surface area contributed by atoms with E-state index in [-0.39, 0.29) is 12.1 Å². The average molecular weight is 467 g/mol. The lowest BCUT2D eigenvalue weighted by Gasteiger charge is -2.15. The topological polar surface area (TPSA) is 68.7 Å². The minimum atomic E-state index is -4.51. The monoisotopic (exact) mass is 467 g/mol. The van der Waals surface area contributed by atoms with Crippen molar-refractivity contribution in [2.24, 2.45) is 0 Å². The first-order chi connectivity index (χ1) is 16.2. The van der Waals surface area contributed by atoms with Gasteiger partial charge in [-0.15, -0.1) is 0 Å². The maximum atomic E-state index is 13.5. The molecule has 0 unspecified atom stereocenters. The summed E-state index contributed by atoms with van der Waals surface area (Å²) >= 11 is 0. The summed E-state index contributed by atoms with van der Waals surface area (Å²) in [5, 5.41) is 9.16. The molecule has 0 saturated heterocycles. The molecule has 34 heavy (non-hydrogen) atoms. The van der Waals surface area contributed by atoms with Crippen molar-refractivity contribution in [2.45, 2.75) is 19.7 Å². The van der Waals surface area contributed by atoms with E-state index in [1.54, 1.807) is 49.4 Å². The standard InChI is InChI=1S/C26H20F3NO4/c1-16-13-30-25-21(9-4-10-22(25)26(27,28)29)24(16)18-6-3-8-20(12-18)33-14-17-5-2-7-19(11-17)34-15-23(31)32/h2-13H,14-15H2,1H3,(H,31,32). The van der Waals surface area contributed by atoms with Crippen LogP contribution in [0.2, 0.25) is 0 Å². The van der Waals surface area contributed by atoms with Gasteiger partial charge in [0.2, 0.25) is 0 Å². The summed E-state index contributed by atoms with van der Waals surface area (Å²) in [4.78, 5) is 14.7. The Kier molecular flexibility index (Phi) is 6.40. The molecule has 3 aromatic carbocycles. The van der Waals surface area contributed by atoms with E-state index >= 15 is 0 Å². The summed E-state index contributed by atoms with van der Waals surface area (Å²) in [6, 6.07) is 18.1. The Hall–Kier alpha value is -4.07. The molecule has 0 aliphatic carbocycles. The number of nitrogens with zero attached hydrogens (tertiary/aromatic N) is 1. The highest BCUT2D eigenvalue weighted by Gasteiger charge is 2.33. The molecule has 0 amide bonds. The zero-order valence-corrected chi connectivity index (χ0v) is 18.1. The van der Waals surface area contributed by atoms with E-state index in [1.807, 2.05) is 12.1 Å². The zero-order chi connectivity index (χ0) is 24.3. The number of fused-ring (bicyclic) bond motifs is 1. The van der Waals surface area contributed by atoms with Gasteiger partial charge in [0.15, 0.2) is 6.61 Å². The molecule has 1 heterocycles. The number of hydrogen-bond acceptors (Lipinski definition) is 4. The van der Waals surface area contributed by atoms with Crippen LogP contribution in [-0.4, -0.2) is 22.7 Å². The van der Waals surface area contributed by atoms with E-state index in [9.17, 15) is 18.0 Å². The third kappa shape index (κ3) is 5.11. The maximum Gasteiger partial charge on any atom is 0.418 e. The normalized spacial score (nSPS) is 11.4. The van der Waals surface area contributed by atoms with Gasteiger partial charge in [-0.1, -0.05) is 36.4 Å². The summed E-state index contributed by atoms with van der Waals surface area (Å²) in [5.41, 5.74) is 2.01. The highest BCUT2D eigenvalue weighted by atomic mass is 19.4. The van der Waals surface area contributed by atoms with Crippen LogP contribution in [0.1, 0.15) is 16.7 Å². The molecule has 0 atom stereocenters. The molecule has 1 N–H and O–H groups in total. The van der Waals surface area contributed by atoms with Crippen LogP contribution in [0.15, 0.2) is 72.9 Å². The van der Waals surface area contributed by atoms with Gasteiger partial charge in [-0.2, -0.15) is 13.2 Å². The molecule has 174 valence electrons. The molecule has 0 radical (unpaired) electrons. The fraction of sp³-hybridized carbons (Fsp3) is 0.154. The van der Waals surface area contributed by atoms with Crippen LogP contribution in [0, 0.1) is 6.92 Å². The molecule has 0 aliphatic rings. The predicted molar refractivity (Wildman–Crippen MR) is 121 cm³/mol. The number of alkyl halides is 3. The second kappa shape index (κ2) is 9.43. The third-order valence-corrected chi connectivity index (χ3v) is 5.18. The molecular formula is C26H20F3NO4. The summed E-state index contributed by atoms with van der Waals surface area (Å²) < 4.78 is 51.6. The Morgan fingerprint density at radius 2 is 1.68 bits per heavy atom. The van der Waals surface area contributed by atoms with Crippen molar-refractivity contribution in [3.63, 3.8) is 0 Å². The molecule has 8 heteroatoms. The van der Waals surface area contributed by atoms with Gasteiger partial charge in [0.05, 0.1) is 11.1 Å². The predicted octanol–water partition coefficient (Wildman–Crippen LogP) is 6.27. The molecule has 0 saturated carbocycles. The van der Waals surface area contributed by atoms with Crippen LogP contribution in [0.25, 0.3) is 22.0 Å². The van der Waals surface area contributed by atoms with Crippen LogP contribution in [0.4, 0.5) is 13.2 Å². The largest absolute Gasteiger partial charge is 0.489 e. The van der Waals surface area contributed by atoms with Gasteiger partial charge in [0.25, 0.3) is 0 Å². The van der Waals surface area contributed by atoms with E-state index in [4.69, 9.17) is 14.6 Å². The summed E-state index contributed by atoms with van der Waals surface area (Å²) in [5.74, 6) is -0.123. The van der Waals surface area contributed by atoms with E-state index < -0.39 is 24.3 Å². The van der Waals surface area contributed by atoms with Gasteiger partial charge in [-0.3, -0.25) is 4.98 Å². The number of carbonyl (C=O) groups is 1. The number of halogens is 3. The minimum absolute atomic E-state index is 0.0971. The quantitative estimate of drug-likeness (QED) is 0.347. The first-order valence-corrected chi connectivity index (χ1v) is 10.3. The first kappa shape index (κ1) is 23.1. The van der Waals surface area contributed by atoms with Gasteiger partial charge in [-0.25, -0.2) is 4.79 Å². The van der Waals surface area contributed by atoms with Crippen molar-refractivity contribution in [1.29, 1.82) is 0 Å². The van der Waals surface area contributed by atoms with E-state index in [0.29, 0.717) is 28.0 Å². The molecule has 0 fully saturated rings. The number of aromatic nitrogens is 1. The number of para-hydroxylation sites is 1. The number of pyridine rings is 1. The number of benzene rings is 3. The fourth-order valence-corrected chi connectivity index (χ4v) is 3.71. The van der Waals surface area contributed by atoms with Gasteiger partial charge in [0.1, 0.15) is 18.1 Å². The maximum absolute atomic E-state index is 13.5. The lowest BCUT2D eigenvalue weighted by atomic mass is 9.95. The highest BCUT2D eigenvalue weighted by molar-refractivity contribution is 5.97. The van der Waals surface area contributed by atoms with Crippen molar-refractivity contribution >= 4 is 16.9 Å². The number of rotatable bonds is 7. The zero-order valence-electron chi connectivity index (χ0n) is 18.1. The molecule has 4 rings (SSSR count). The number of carboxylic acid groups (broad SMARTS) is 1. The van der Waals surface area contributed by atoms with Crippen LogP contribution in [-0.2, 0) is 17.6 Å². The van der Waals surface area contributed by atoms with Crippen LogP contribution >= 0.6 is 0 Å². The summed E-state index contributed by atoms with van der Waals surface area (Å²) in [6.07, 6.45) is -3.06. The molecule has 5 nitrogen and oxygen atoms in total. The van der Waals surface area contributed by atoms with Crippen molar-refractivity contribution in [1.82, 2.24) is 4.98 Å². The Bertz CT molecular complexity index is 1350. The van der Waals surface area contributed by atoms with Gasteiger partial charge in [-0.05, 0) is 59.5 Å². The van der Waals surface area contributed by atoms with Gasteiger partial charge in [0, 0.05) is 11.6 Å². The first-order valence-electron chi connectivity index (χ1n) is 10.3. The van der Waals surface area contributed by atoms with Crippen LogP contribution in [0.3, 0.4) is 0 Å². The molecular weight excluding hydrogens is 447 g/mol. The lowest BCUT2D eigenvalue weighted by Crippen LogP contribution is -2.09. The Morgan fingerprint density at radius 3 is 2.41 bits per heavy atom. The molecule has 0 spiro atoms. The van der Waals surface area contributed by atoms with Crippen molar-refractivity contribution in [3.8, 4) is 22.6 Å². The smallest absolute Gasteiger partial charge is 0.418 e. The van der Waals surface area contributed by atoms with Gasteiger partial charge >= 0.3 is 12.1 Å². The number of ether oxygens (including phenoxy) is 2. The van der Waals surface area contributed by atoms with Crippen molar-refractivity contribution in [3.05, 3.63) is 89.6 Å². The molecule has 0 aliphatic heterocycles. The highest BCUT2D eigenvalue weighted by Crippen LogP contribution is 2.38. The van der Waals surface area contributed by atoms with Crippen LogP contribution in [0.5, 0.6) is 11.5 Å². The molecule has 4 aromatic rings. The molecule has 1 aromatic heterocycles. The number of aliphatic carboxylic acids is 1. The van der Waals surface area contributed by atoms with Crippen molar-refractivity contribution in [2.75, 3.05) is 6.61 Å². The number of hydrogen-bond donors (Lipinski definition) is 1. The average Bonchev–Trinajstić information content (AvgIpc) is 2.81. The number of carboxylic acids is 1. The van der Waals surface area contributed by atoms with Crippen molar-refractivity contribution < 1.29 is 32.5 Å². The SMILES string of the molecule is Cc1cnc2c(C(F)(F)F)cccc2c1-c1cccc(OCc2cccc(OCC(=O)O)c2)c1. The Balaban J connectivity index is 1.62. The fourth-order valence-electron chi connectivity index (χ4n) is 3.71. The third-order valence-electron chi connectivity index (χ3n) is 5.18. The Morgan fingerprint density at radius 1 is 0.971 bits per heavy atom. The van der Waals surface area contributed by atoms with Crippen LogP contribution < -0.4 is 9.47 Å². The summed E-state index contributed by atoms with van der Waals surface area (Å²) in [6.45, 7) is 1.56. The van der Waals surface area contributed by atoms with E-state index in [2.05, 4.69) is 4.98 Å². The second-order valence-electron chi connectivity index (χ2n) is 7.66. The Labute approximate surface area is 193 Å².